The van der Waals surface area contributed by atoms with E-state index in [9.17, 15) is 22.6 Å². The van der Waals surface area contributed by atoms with E-state index >= 15 is 0 Å². The molecule has 0 fully saturated rings. The highest BCUT2D eigenvalue weighted by Gasteiger charge is 2.45. The molecular weight excluding hydrogens is 813 g/mol. The number of carbonyl (C=O) groups is 2. The van der Waals surface area contributed by atoms with Crippen molar-refractivity contribution in [3.05, 3.63) is 89.2 Å². The van der Waals surface area contributed by atoms with E-state index in [2.05, 4.69) is 83.8 Å². The first kappa shape index (κ1) is 50.6. The second-order valence-corrected chi connectivity index (χ2v) is 17.7. The molecule has 2 heterocycles. The highest BCUT2D eigenvalue weighted by atomic mass is 32.2. The average Bonchev–Trinajstić information content (AvgIpc) is 3.60. The first-order chi connectivity index (χ1) is 29.7. The van der Waals surface area contributed by atoms with Crippen LogP contribution in [0.2, 0.25) is 0 Å². The zero-order valence-corrected chi connectivity index (χ0v) is 38.4. The van der Waals surface area contributed by atoms with Crippen LogP contribution < -0.4 is 16.1 Å². The van der Waals surface area contributed by atoms with Gasteiger partial charge in [-0.15, -0.1) is 0 Å². The van der Waals surface area contributed by atoms with E-state index in [1.165, 1.54) is 28.9 Å². The minimum absolute atomic E-state index is 0.0718. The second-order valence-electron chi connectivity index (χ2n) is 16.4. The topological polar surface area (TPSA) is 182 Å². The molecule has 0 radical (unpaired) electrons. The molecule has 4 rings (SSSR count). The van der Waals surface area contributed by atoms with Crippen LogP contribution in [0.25, 0.3) is 0 Å². The van der Waals surface area contributed by atoms with Crippen LogP contribution >= 0.6 is 0 Å². The van der Waals surface area contributed by atoms with Gasteiger partial charge >= 0.3 is 0 Å². The van der Waals surface area contributed by atoms with E-state index in [0.717, 1.165) is 41.9 Å². The van der Waals surface area contributed by atoms with Crippen LogP contribution in [0.4, 0.5) is 11.4 Å². The molecule has 0 bridgehead atoms. The third-order valence-corrected chi connectivity index (χ3v) is 12.5. The van der Waals surface area contributed by atoms with Gasteiger partial charge in [0.25, 0.3) is 0 Å². The summed E-state index contributed by atoms with van der Waals surface area (Å²) in [5, 5.41) is 2.87. The maximum Gasteiger partial charge on any atom is 0.219 e. The number of Topliss-reactive ketones (excluding diaryl/α,β-unsaturated/α-hetero) is 1. The highest BCUT2D eigenvalue weighted by Crippen LogP contribution is 2.51. The van der Waals surface area contributed by atoms with Gasteiger partial charge in [-0.2, -0.15) is 4.58 Å². The van der Waals surface area contributed by atoms with Gasteiger partial charge in [-0.05, 0) is 94.3 Å². The normalized spacial score (nSPS) is 17.8. The Morgan fingerprint density at radius 2 is 1.61 bits per heavy atom. The molecule has 0 spiro atoms. The fourth-order valence-electron chi connectivity index (χ4n) is 8.15. The number of ether oxygens (including phenoxy) is 4. The lowest BCUT2D eigenvalue weighted by Gasteiger charge is -2.30. The molecule has 62 heavy (non-hydrogen) atoms. The van der Waals surface area contributed by atoms with Crippen LogP contribution in [0.3, 0.4) is 0 Å². The summed E-state index contributed by atoms with van der Waals surface area (Å²) in [6.45, 7) is 13.1. The zero-order valence-electron chi connectivity index (χ0n) is 37.5. The summed E-state index contributed by atoms with van der Waals surface area (Å²) in [6, 6.07) is 11.3. The van der Waals surface area contributed by atoms with Crippen LogP contribution in [0.5, 0.6) is 0 Å². The maximum atomic E-state index is 12.5. The summed E-state index contributed by atoms with van der Waals surface area (Å²) in [4.78, 5) is 30.4. The number of anilines is 1. The van der Waals surface area contributed by atoms with Gasteiger partial charge < -0.3 is 33.7 Å². The number of aryl methyl sites for hydroxylation is 1. The number of rotatable bonds is 29. The number of nitrogens with one attached hydrogen (secondary N) is 1. The Labute approximate surface area is 368 Å². The van der Waals surface area contributed by atoms with E-state index in [4.69, 9.17) is 24.8 Å². The first-order valence-corrected chi connectivity index (χ1v) is 23.1. The average molecular weight is 881 g/mol. The molecular formula is C47H68N4O10S. The van der Waals surface area contributed by atoms with Crippen molar-refractivity contribution in [1.82, 2.24) is 5.32 Å². The lowest BCUT2D eigenvalue weighted by molar-refractivity contribution is -0.442. The van der Waals surface area contributed by atoms with Crippen molar-refractivity contribution in [2.45, 2.75) is 94.8 Å². The summed E-state index contributed by atoms with van der Waals surface area (Å²) in [5.74, 6) is 4.77. The van der Waals surface area contributed by atoms with E-state index in [1.54, 1.807) is 20.3 Å². The number of unbranched alkanes of at least 4 members (excludes halogenated alkanes) is 2. The highest BCUT2D eigenvalue weighted by molar-refractivity contribution is 7.85. The molecule has 1 atom stereocenters. The fraction of sp³-hybridized carbons (Fsp3) is 0.553. The van der Waals surface area contributed by atoms with Gasteiger partial charge in [-0.1, -0.05) is 37.6 Å². The Balaban J connectivity index is 1.60. The molecule has 2 aromatic carbocycles. The second kappa shape index (κ2) is 24.7. The SMILES string of the molecule is CCc1ccc2c(c1)C(C)(C)C(/C=C/C=C/C=C1/N(CCCCCC(=O)NCCCC(=O)CON)c3ccc(S(=O)(=O)[O-])cc3C1(C)CCOCCOC)=[N+]2CCOCCOC. The molecule has 0 saturated heterocycles. The number of carbonyl (C=O) groups excluding carboxylic acids is 2. The Morgan fingerprint density at radius 3 is 2.31 bits per heavy atom. The molecule has 342 valence electrons. The maximum absolute atomic E-state index is 12.5. The Bertz CT molecular complexity index is 2040. The number of hydrogen-bond donors (Lipinski definition) is 2. The number of allylic oxidation sites excluding steroid dienone is 6. The number of hydrogen-bond acceptors (Lipinski definition) is 12. The largest absolute Gasteiger partial charge is 0.744 e. The van der Waals surface area contributed by atoms with Gasteiger partial charge in [-0.3, -0.25) is 14.4 Å². The molecule has 0 aliphatic carbocycles. The molecule has 1 unspecified atom stereocenters. The molecule has 0 saturated carbocycles. The molecule has 2 aliphatic rings. The van der Waals surface area contributed by atoms with Crippen molar-refractivity contribution < 1.29 is 50.9 Å². The zero-order chi connectivity index (χ0) is 45.2. The van der Waals surface area contributed by atoms with Crippen LogP contribution in [0, 0.1) is 0 Å². The first-order valence-electron chi connectivity index (χ1n) is 21.7. The summed E-state index contributed by atoms with van der Waals surface area (Å²) in [7, 11) is -1.43. The summed E-state index contributed by atoms with van der Waals surface area (Å²) < 4.78 is 61.4. The van der Waals surface area contributed by atoms with Crippen LogP contribution in [0.1, 0.15) is 89.3 Å². The van der Waals surface area contributed by atoms with Crippen molar-refractivity contribution in [3.63, 3.8) is 0 Å². The van der Waals surface area contributed by atoms with Crippen molar-refractivity contribution in [3.8, 4) is 0 Å². The number of benzene rings is 2. The van der Waals surface area contributed by atoms with E-state index in [-0.39, 0.29) is 35.0 Å². The number of nitrogens with zero attached hydrogens (tertiary/aromatic N) is 2. The number of nitrogens with two attached hydrogens (primary N) is 1. The number of amides is 1. The number of methoxy groups -OCH3 is 2. The van der Waals surface area contributed by atoms with Gasteiger partial charge in [0.15, 0.2) is 18.0 Å². The minimum atomic E-state index is -4.71. The fourth-order valence-corrected chi connectivity index (χ4v) is 8.65. The van der Waals surface area contributed by atoms with Crippen molar-refractivity contribution >= 4 is 38.9 Å². The van der Waals surface area contributed by atoms with Crippen molar-refractivity contribution in [2.24, 2.45) is 5.90 Å². The minimum Gasteiger partial charge on any atom is -0.744 e. The molecule has 15 heteroatoms. The van der Waals surface area contributed by atoms with Gasteiger partial charge in [0.1, 0.15) is 23.3 Å². The van der Waals surface area contributed by atoms with E-state index in [0.29, 0.717) is 85.0 Å². The molecule has 3 N–H and O–H groups in total. The van der Waals surface area contributed by atoms with Crippen LogP contribution in [0.15, 0.2) is 77.4 Å². The predicted octanol–water partition coefficient (Wildman–Crippen LogP) is 5.94. The molecule has 14 nitrogen and oxygen atoms in total. The summed E-state index contributed by atoms with van der Waals surface area (Å²) >= 11 is 0. The molecule has 2 aromatic rings. The van der Waals surface area contributed by atoms with Gasteiger partial charge in [0, 0.05) is 81.3 Å². The van der Waals surface area contributed by atoms with Crippen molar-refractivity contribution in [1.29, 1.82) is 0 Å². The Kier molecular flexibility index (Phi) is 20.1. The Hall–Kier alpha value is -4.06. The van der Waals surface area contributed by atoms with Crippen LogP contribution in [-0.2, 0) is 60.7 Å². The molecule has 2 aliphatic heterocycles. The third-order valence-electron chi connectivity index (χ3n) is 11.6. The predicted molar refractivity (Wildman–Crippen MR) is 240 cm³/mol. The van der Waals surface area contributed by atoms with Crippen LogP contribution in [-0.4, -0.2) is 115 Å². The lowest BCUT2D eigenvalue weighted by atomic mass is 9.78. The lowest BCUT2D eigenvalue weighted by Crippen LogP contribution is -2.30. The summed E-state index contributed by atoms with van der Waals surface area (Å²) in [6.07, 6.45) is 15.1. The molecule has 1 amide bonds. The standard InChI is InChI=1S/C47H68N4O10S/c1-7-36-19-21-41-39(33-36)46(2,3)43(51(41)26-28-60-32-30-58-6)16-10-8-11-17-44-47(4,23-27-59-31-29-57-5)40-34-38(62(54,55)56)20-22-42(40)50(44)25-13-9-12-18-45(53)49-24-14-15-37(52)35-61-48/h8,10-11,16-17,19-22,33-34H,7,9,12-15,18,23-32,35,48H2,1-6H3,(H-,49,53,54,55,56). The smallest absolute Gasteiger partial charge is 0.219 e. The molecule has 0 aromatic heterocycles. The quantitative estimate of drug-likeness (QED) is 0.0324. The Morgan fingerprint density at radius 1 is 0.871 bits per heavy atom. The summed E-state index contributed by atoms with van der Waals surface area (Å²) in [5.41, 5.74) is 6.49. The third kappa shape index (κ3) is 13.7. The van der Waals surface area contributed by atoms with Gasteiger partial charge in [0.05, 0.1) is 36.7 Å². The van der Waals surface area contributed by atoms with Gasteiger partial charge in [-0.25, -0.2) is 14.3 Å². The van der Waals surface area contributed by atoms with Crippen molar-refractivity contribution in [2.75, 3.05) is 85.0 Å². The monoisotopic (exact) mass is 880 g/mol. The number of fused-ring (bicyclic) bond motifs is 2. The van der Waals surface area contributed by atoms with E-state index < -0.39 is 15.5 Å². The van der Waals surface area contributed by atoms with Gasteiger partial charge in [0.2, 0.25) is 11.6 Å². The van der Waals surface area contributed by atoms with E-state index in [1.807, 2.05) is 12.2 Å². The number of ketones is 1.